The molecule has 0 heterocycles. The number of rotatable bonds is 6. The van der Waals surface area contributed by atoms with E-state index in [0.717, 1.165) is 12.8 Å². The molecule has 1 aliphatic rings. The van der Waals surface area contributed by atoms with Crippen LogP contribution in [0, 0.1) is 27.7 Å². The summed E-state index contributed by atoms with van der Waals surface area (Å²) in [7, 11) is -1.76. The predicted octanol–water partition coefficient (Wildman–Crippen LogP) is 7.97. The summed E-state index contributed by atoms with van der Waals surface area (Å²) >= 11 is 0. The molecule has 0 fully saturated rings. The van der Waals surface area contributed by atoms with Crippen LogP contribution < -0.4 is 10.4 Å². The molecule has 0 saturated carbocycles. The second-order valence-corrected chi connectivity index (χ2v) is 14.8. The molecule has 0 N–H and O–H groups in total. The van der Waals surface area contributed by atoms with Gasteiger partial charge in [-0.25, -0.2) is 0 Å². The van der Waals surface area contributed by atoms with Crippen LogP contribution in [0.1, 0.15) is 80.5 Å². The number of hydrogen-bond donors (Lipinski definition) is 0. The van der Waals surface area contributed by atoms with E-state index in [9.17, 15) is 0 Å². The number of aryl methyl sites for hydroxylation is 6. The molecule has 0 radical (unpaired) electrons. The van der Waals surface area contributed by atoms with Crippen molar-refractivity contribution in [1.82, 2.24) is 0 Å². The molecule has 1 heteroatoms. The van der Waals surface area contributed by atoms with E-state index in [1.165, 1.54) is 50.1 Å². The SMILES string of the molecule is CCc1cc(CC)cc(C2=C(C)C(C)=C(C)C2(C)[SiH](c2cc(C)cc(C)c2)c2cc(C)cc(C)c2)c1. The third-order valence-electron chi connectivity index (χ3n) is 8.69. The third kappa shape index (κ3) is 4.59. The van der Waals surface area contributed by atoms with Crippen molar-refractivity contribution in [1.29, 1.82) is 0 Å². The molecule has 1 atom stereocenters. The standard InChI is InChI=1S/C35H44Si/c1-11-29-19-30(12-2)21-31(20-29)34-27(8)26(7)28(9)35(34,10)36(32-15-22(3)13-23(4)16-32)33-17-24(5)14-25(6)18-33/h13-21,36H,11-12H2,1-10H3. The summed E-state index contributed by atoms with van der Waals surface area (Å²) < 4.78 is 0. The summed E-state index contributed by atoms with van der Waals surface area (Å²) in [6.07, 6.45) is 2.15. The molecule has 4 rings (SSSR count). The highest BCUT2D eigenvalue weighted by Crippen LogP contribution is 2.58. The summed E-state index contributed by atoms with van der Waals surface area (Å²) in [4.78, 5) is 0. The molecular weight excluding hydrogens is 448 g/mol. The van der Waals surface area contributed by atoms with Crippen molar-refractivity contribution in [2.45, 2.75) is 87.1 Å². The van der Waals surface area contributed by atoms with Crippen molar-refractivity contribution in [2.75, 3.05) is 0 Å². The van der Waals surface area contributed by atoms with Gasteiger partial charge in [-0.1, -0.05) is 114 Å². The Balaban J connectivity index is 2.08. The number of benzene rings is 3. The average Bonchev–Trinajstić information content (AvgIpc) is 2.97. The lowest BCUT2D eigenvalue weighted by Gasteiger charge is -2.40. The molecule has 1 aliphatic carbocycles. The Hall–Kier alpha value is -2.64. The summed E-state index contributed by atoms with van der Waals surface area (Å²) in [5.41, 5.74) is 15.9. The Morgan fingerprint density at radius 1 is 0.556 bits per heavy atom. The third-order valence-corrected chi connectivity index (χ3v) is 12.6. The first-order chi connectivity index (χ1) is 17.0. The van der Waals surface area contributed by atoms with E-state index >= 15 is 0 Å². The molecule has 3 aromatic rings. The van der Waals surface area contributed by atoms with E-state index < -0.39 is 8.80 Å². The first-order valence-electron chi connectivity index (χ1n) is 13.7. The van der Waals surface area contributed by atoms with E-state index in [1.54, 1.807) is 21.5 Å². The van der Waals surface area contributed by atoms with Crippen molar-refractivity contribution in [3.05, 3.63) is 110 Å². The van der Waals surface area contributed by atoms with Crippen molar-refractivity contribution in [2.24, 2.45) is 0 Å². The highest BCUT2D eigenvalue weighted by molar-refractivity contribution is 6.90. The van der Waals surface area contributed by atoms with Crippen LogP contribution in [0.5, 0.6) is 0 Å². The van der Waals surface area contributed by atoms with Gasteiger partial charge in [-0.2, -0.15) is 0 Å². The summed E-state index contributed by atoms with van der Waals surface area (Å²) in [5, 5.41) is 3.11. The van der Waals surface area contributed by atoms with Crippen LogP contribution in [-0.2, 0) is 12.8 Å². The Kier molecular flexibility index (Phi) is 7.35. The Labute approximate surface area is 221 Å². The fourth-order valence-corrected chi connectivity index (χ4v) is 11.6. The van der Waals surface area contributed by atoms with Gasteiger partial charge in [0.1, 0.15) is 8.80 Å². The monoisotopic (exact) mass is 492 g/mol. The lowest BCUT2D eigenvalue weighted by Crippen LogP contribution is -2.52. The Morgan fingerprint density at radius 2 is 0.972 bits per heavy atom. The van der Waals surface area contributed by atoms with Gasteiger partial charge in [0.15, 0.2) is 0 Å². The summed E-state index contributed by atoms with van der Waals surface area (Å²) in [6, 6.07) is 22.0. The van der Waals surface area contributed by atoms with Crippen molar-refractivity contribution >= 4 is 24.7 Å². The largest absolute Gasteiger partial charge is 0.117 e. The van der Waals surface area contributed by atoms with Crippen LogP contribution in [0.4, 0.5) is 0 Å². The second-order valence-electron chi connectivity index (χ2n) is 11.5. The molecule has 0 saturated heterocycles. The van der Waals surface area contributed by atoms with E-state index in [1.807, 2.05) is 0 Å². The van der Waals surface area contributed by atoms with Gasteiger partial charge in [0, 0.05) is 5.04 Å². The minimum absolute atomic E-state index is 0.00793. The zero-order valence-electron chi connectivity index (χ0n) is 24.2. The fourth-order valence-electron chi connectivity index (χ4n) is 6.84. The maximum Gasteiger partial charge on any atom is 0.117 e. The molecule has 0 spiro atoms. The highest BCUT2D eigenvalue weighted by Gasteiger charge is 2.47. The van der Waals surface area contributed by atoms with E-state index in [-0.39, 0.29) is 5.04 Å². The Morgan fingerprint density at radius 3 is 1.36 bits per heavy atom. The fraction of sp³-hybridized carbons (Fsp3) is 0.371. The van der Waals surface area contributed by atoms with Gasteiger partial charge in [-0.3, -0.25) is 0 Å². The van der Waals surface area contributed by atoms with Crippen LogP contribution in [0.15, 0.2) is 71.3 Å². The first kappa shape index (κ1) is 26.4. The zero-order valence-corrected chi connectivity index (χ0v) is 25.3. The van der Waals surface area contributed by atoms with E-state index in [4.69, 9.17) is 0 Å². The minimum Gasteiger partial charge on any atom is -0.0621 e. The molecule has 0 amide bonds. The first-order valence-corrected chi connectivity index (χ1v) is 15.4. The van der Waals surface area contributed by atoms with E-state index in [2.05, 4.69) is 124 Å². The highest BCUT2D eigenvalue weighted by atomic mass is 28.3. The van der Waals surface area contributed by atoms with Gasteiger partial charge in [-0.15, -0.1) is 0 Å². The lowest BCUT2D eigenvalue weighted by molar-refractivity contribution is 0.900. The topological polar surface area (TPSA) is 0 Å². The molecule has 3 aromatic carbocycles. The van der Waals surface area contributed by atoms with Crippen molar-refractivity contribution in [3.63, 3.8) is 0 Å². The molecular formula is C35H44Si. The van der Waals surface area contributed by atoms with Gasteiger partial charge < -0.3 is 0 Å². The summed E-state index contributed by atoms with van der Waals surface area (Å²) in [5.74, 6) is 0. The molecule has 0 aliphatic heterocycles. The smallest absolute Gasteiger partial charge is 0.0621 e. The number of hydrogen-bond acceptors (Lipinski definition) is 0. The molecule has 0 nitrogen and oxygen atoms in total. The molecule has 0 aromatic heterocycles. The molecule has 36 heavy (non-hydrogen) atoms. The van der Waals surface area contributed by atoms with Crippen molar-refractivity contribution in [3.8, 4) is 0 Å². The number of allylic oxidation sites excluding steroid dienone is 4. The Bertz CT molecular complexity index is 1270. The summed E-state index contributed by atoms with van der Waals surface area (Å²) in [6.45, 7) is 23.3. The maximum absolute atomic E-state index is 2.58. The van der Waals surface area contributed by atoms with Gasteiger partial charge in [0.25, 0.3) is 0 Å². The quantitative estimate of drug-likeness (QED) is 0.306. The van der Waals surface area contributed by atoms with Crippen LogP contribution in [0.25, 0.3) is 5.57 Å². The molecule has 1 unspecified atom stereocenters. The van der Waals surface area contributed by atoms with Gasteiger partial charge in [0.05, 0.1) is 0 Å². The van der Waals surface area contributed by atoms with Gasteiger partial charge >= 0.3 is 0 Å². The minimum atomic E-state index is -1.76. The average molecular weight is 493 g/mol. The van der Waals surface area contributed by atoms with Gasteiger partial charge in [-0.05, 0) is 94.7 Å². The van der Waals surface area contributed by atoms with Crippen LogP contribution >= 0.6 is 0 Å². The van der Waals surface area contributed by atoms with E-state index in [0.29, 0.717) is 0 Å². The molecule has 0 bridgehead atoms. The zero-order chi connectivity index (χ0) is 26.4. The maximum atomic E-state index is 2.58. The van der Waals surface area contributed by atoms with Crippen LogP contribution in [0.2, 0.25) is 5.04 Å². The molecule has 188 valence electrons. The van der Waals surface area contributed by atoms with Crippen molar-refractivity contribution < 1.29 is 0 Å². The second kappa shape index (κ2) is 10.0. The van der Waals surface area contributed by atoms with Crippen LogP contribution in [-0.4, -0.2) is 8.80 Å². The predicted molar refractivity (Wildman–Crippen MR) is 163 cm³/mol. The van der Waals surface area contributed by atoms with Gasteiger partial charge in [0.2, 0.25) is 0 Å². The normalized spacial score (nSPS) is 18.1. The lowest BCUT2D eigenvalue weighted by atomic mass is 9.88. The van der Waals surface area contributed by atoms with Crippen LogP contribution in [0.3, 0.4) is 0 Å².